The molecule has 0 fully saturated rings. The fourth-order valence-electron chi connectivity index (χ4n) is 2.26. The van der Waals surface area contributed by atoms with E-state index >= 15 is 0 Å². The number of nitrogens with two attached hydrogens (primary N) is 1. The smallest absolute Gasteiger partial charge is 0.265 e. The second kappa shape index (κ2) is 9.20. The van der Waals surface area contributed by atoms with Crippen LogP contribution in [0.3, 0.4) is 0 Å². The maximum atomic E-state index is 11.6. The van der Waals surface area contributed by atoms with Gasteiger partial charge in [-0.05, 0) is 24.6 Å². The predicted molar refractivity (Wildman–Crippen MR) is 97.6 cm³/mol. The highest BCUT2D eigenvalue weighted by atomic mass is 16.1. The number of carbonyl (C=O) groups is 1. The Bertz CT molecular complexity index is 633. The molecule has 1 unspecified atom stereocenters. The number of hydrogen-bond acceptors (Lipinski definition) is 3. The van der Waals surface area contributed by atoms with Gasteiger partial charge in [-0.25, -0.2) is 0 Å². The molecule has 1 amide bonds. The van der Waals surface area contributed by atoms with Gasteiger partial charge >= 0.3 is 0 Å². The van der Waals surface area contributed by atoms with Crippen LogP contribution < -0.4 is 5.73 Å². The summed E-state index contributed by atoms with van der Waals surface area (Å²) in [5.41, 5.74) is 7.54. The number of allylic oxidation sites excluding steroid dienone is 8. The molecule has 4 heteroatoms. The highest BCUT2D eigenvalue weighted by molar-refractivity contribution is 6.38. The second-order valence-electron chi connectivity index (χ2n) is 4.80. The van der Waals surface area contributed by atoms with Crippen molar-refractivity contribution in [2.45, 2.75) is 19.4 Å². The van der Waals surface area contributed by atoms with Gasteiger partial charge in [-0.3, -0.25) is 9.80 Å². The monoisotopic (exact) mass is 309 g/mol. The molecule has 0 saturated heterocycles. The van der Waals surface area contributed by atoms with Gasteiger partial charge in [0.15, 0.2) is 0 Å². The molecule has 1 atom stereocenters. The van der Waals surface area contributed by atoms with E-state index in [1.54, 1.807) is 29.3 Å². The van der Waals surface area contributed by atoms with Gasteiger partial charge in [0.1, 0.15) is 5.71 Å². The van der Waals surface area contributed by atoms with Crippen LogP contribution in [-0.4, -0.2) is 22.7 Å². The summed E-state index contributed by atoms with van der Waals surface area (Å²) in [6.45, 7) is 13.1. The summed E-state index contributed by atoms with van der Waals surface area (Å²) < 4.78 is 0. The largest absolute Gasteiger partial charge is 0.364 e. The van der Waals surface area contributed by atoms with Crippen molar-refractivity contribution in [2.75, 3.05) is 0 Å². The number of hydrogen-bond donors (Lipinski definition) is 1. The van der Waals surface area contributed by atoms with E-state index in [4.69, 9.17) is 5.73 Å². The lowest BCUT2D eigenvalue weighted by Crippen LogP contribution is -2.28. The van der Waals surface area contributed by atoms with E-state index in [-0.39, 0.29) is 6.04 Å². The number of rotatable bonds is 8. The Morgan fingerprint density at radius 3 is 2.43 bits per heavy atom. The summed E-state index contributed by atoms with van der Waals surface area (Å²) in [6.07, 6.45) is 16.8. The Morgan fingerprint density at radius 2 is 1.91 bits per heavy atom. The van der Waals surface area contributed by atoms with Gasteiger partial charge in [0.2, 0.25) is 0 Å². The maximum Gasteiger partial charge on any atom is 0.265 e. The van der Waals surface area contributed by atoms with Crippen molar-refractivity contribution in [3.05, 3.63) is 85.7 Å². The van der Waals surface area contributed by atoms with Crippen LogP contribution in [0.1, 0.15) is 13.3 Å². The lowest BCUT2D eigenvalue weighted by molar-refractivity contribution is -0.112. The van der Waals surface area contributed by atoms with Crippen LogP contribution in [0.2, 0.25) is 0 Å². The van der Waals surface area contributed by atoms with Crippen LogP contribution in [0.4, 0.5) is 0 Å². The van der Waals surface area contributed by atoms with E-state index in [9.17, 15) is 4.79 Å². The fourth-order valence-corrected chi connectivity index (χ4v) is 2.26. The van der Waals surface area contributed by atoms with E-state index in [1.807, 2.05) is 37.3 Å². The molecule has 0 bridgehead atoms. The van der Waals surface area contributed by atoms with Crippen molar-refractivity contribution in [1.29, 1.82) is 0 Å². The van der Waals surface area contributed by atoms with Gasteiger partial charge in [0.05, 0.1) is 11.7 Å². The van der Waals surface area contributed by atoms with Crippen LogP contribution in [-0.2, 0) is 4.79 Å². The van der Waals surface area contributed by atoms with Gasteiger partial charge in [-0.15, -0.1) is 0 Å². The lowest BCUT2D eigenvalue weighted by Gasteiger charge is -2.25. The van der Waals surface area contributed by atoms with Gasteiger partial charge < -0.3 is 5.73 Å². The molecule has 120 valence electrons. The minimum atomic E-state index is -0.512. The van der Waals surface area contributed by atoms with Gasteiger partial charge in [0, 0.05) is 6.42 Å². The van der Waals surface area contributed by atoms with E-state index in [1.165, 1.54) is 0 Å². The highest BCUT2D eigenvalue weighted by Crippen LogP contribution is 2.28. The van der Waals surface area contributed by atoms with Crippen LogP contribution in [0.25, 0.3) is 0 Å². The van der Waals surface area contributed by atoms with Crippen molar-refractivity contribution >= 4 is 11.6 Å². The summed E-state index contributed by atoms with van der Waals surface area (Å²) in [5.74, 6) is -0.512. The summed E-state index contributed by atoms with van der Waals surface area (Å²) in [6, 6.07) is -0.132. The van der Waals surface area contributed by atoms with Crippen molar-refractivity contribution in [1.82, 2.24) is 5.01 Å². The summed E-state index contributed by atoms with van der Waals surface area (Å²) in [7, 11) is 0. The molecule has 0 spiro atoms. The summed E-state index contributed by atoms with van der Waals surface area (Å²) >= 11 is 0. The Kier molecular flexibility index (Phi) is 7.27. The number of hydrazone groups is 1. The molecule has 1 aliphatic heterocycles. The number of nitrogens with zero attached hydrogens (tertiary/aromatic N) is 2. The normalized spacial score (nSPS) is 19.3. The minimum Gasteiger partial charge on any atom is -0.364 e. The first-order valence-corrected chi connectivity index (χ1v) is 7.32. The average molecular weight is 309 g/mol. The third-order valence-corrected chi connectivity index (χ3v) is 3.21. The molecule has 0 aromatic rings. The molecule has 2 N–H and O–H groups in total. The topological polar surface area (TPSA) is 58.7 Å². The van der Waals surface area contributed by atoms with Crippen molar-refractivity contribution in [3.63, 3.8) is 0 Å². The van der Waals surface area contributed by atoms with Crippen LogP contribution in [0.5, 0.6) is 0 Å². The van der Waals surface area contributed by atoms with E-state index < -0.39 is 5.91 Å². The van der Waals surface area contributed by atoms with E-state index in [0.29, 0.717) is 12.1 Å². The van der Waals surface area contributed by atoms with Crippen LogP contribution in [0.15, 0.2) is 90.8 Å². The third-order valence-electron chi connectivity index (χ3n) is 3.21. The molecule has 4 nitrogen and oxygen atoms in total. The summed E-state index contributed by atoms with van der Waals surface area (Å²) in [5, 5.41) is 6.17. The number of amides is 1. The number of primary amides is 1. The highest BCUT2D eigenvalue weighted by Gasteiger charge is 2.32. The zero-order chi connectivity index (χ0) is 17.2. The van der Waals surface area contributed by atoms with Gasteiger partial charge in [0.25, 0.3) is 5.91 Å². The molecule has 0 radical (unpaired) electrons. The molecular formula is C19H23N3O. The zero-order valence-corrected chi connectivity index (χ0v) is 13.5. The first kappa shape index (κ1) is 18.2. The van der Waals surface area contributed by atoms with Crippen molar-refractivity contribution in [3.8, 4) is 0 Å². The molecule has 0 aromatic carbocycles. The first-order valence-electron chi connectivity index (χ1n) is 7.32. The Hall–Kier alpha value is -2.88. The first-order chi connectivity index (χ1) is 11.1. The van der Waals surface area contributed by atoms with Gasteiger partial charge in [-0.1, -0.05) is 62.3 Å². The molecule has 23 heavy (non-hydrogen) atoms. The third kappa shape index (κ3) is 4.81. The van der Waals surface area contributed by atoms with Crippen molar-refractivity contribution in [2.24, 2.45) is 10.8 Å². The minimum absolute atomic E-state index is 0.132. The molecule has 0 aliphatic carbocycles. The molecule has 1 aliphatic rings. The quantitative estimate of drug-likeness (QED) is 0.699. The SMILES string of the molecule is C=C/C=C\C(=C/C=C)N1N=C(C(N)=O)CC1C(/C=C\C)=C/C=C. The Balaban J connectivity index is 3.36. The fraction of sp³-hybridized carbons (Fsp3) is 0.158. The molecule has 0 aromatic heterocycles. The molecule has 0 saturated carbocycles. The molecule has 1 rings (SSSR count). The molecule has 1 heterocycles. The maximum absolute atomic E-state index is 11.6. The number of carbonyl (C=O) groups excluding carboxylic acids is 1. The Morgan fingerprint density at radius 1 is 1.22 bits per heavy atom. The van der Waals surface area contributed by atoms with Crippen molar-refractivity contribution < 1.29 is 4.79 Å². The van der Waals surface area contributed by atoms with Crippen LogP contribution >= 0.6 is 0 Å². The summed E-state index contributed by atoms with van der Waals surface area (Å²) in [4.78, 5) is 11.6. The van der Waals surface area contributed by atoms with Crippen LogP contribution in [0, 0.1) is 0 Å². The van der Waals surface area contributed by atoms with E-state index in [0.717, 1.165) is 11.3 Å². The standard InChI is InChI=1S/C19H23N3O/c1-5-9-13-16(12-8-4)22-18(14-17(21-22)19(20)23)15(10-6-2)11-7-3/h5-13,18H,1-2,4,14H2,3H3,(H2,20,23)/b11-7-,13-9-,15-10+,16-12+. The average Bonchev–Trinajstić information content (AvgIpc) is 2.96. The predicted octanol–water partition coefficient (Wildman–Crippen LogP) is 3.40. The lowest BCUT2D eigenvalue weighted by atomic mass is 10.00. The second-order valence-corrected chi connectivity index (χ2v) is 4.80. The molecular weight excluding hydrogens is 286 g/mol. The Labute approximate surface area is 138 Å². The van der Waals surface area contributed by atoms with E-state index in [2.05, 4.69) is 24.8 Å². The zero-order valence-electron chi connectivity index (χ0n) is 13.5. The van der Waals surface area contributed by atoms with Gasteiger partial charge in [-0.2, -0.15) is 5.10 Å².